The summed E-state index contributed by atoms with van der Waals surface area (Å²) >= 11 is 5.98. The summed E-state index contributed by atoms with van der Waals surface area (Å²) in [5.74, 6) is -0.331. The highest BCUT2D eigenvalue weighted by molar-refractivity contribution is 6.31. The van der Waals surface area contributed by atoms with Crippen LogP contribution in [0.2, 0.25) is 5.02 Å². The molecule has 6 heteroatoms. The maximum absolute atomic E-state index is 13.7. The third-order valence-corrected chi connectivity index (χ3v) is 3.42. The Bertz CT molecular complexity index is 498. The van der Waals surface area contributed by atoms with E-state index in [-0.39, 0.29) is 11.9 Å². The Hall–Kier alpha value is -1.33. The standard InChI is InChI=1S/C17H26ClFN2O2/c1-5-10-21(16(22)23-17(2,3)4)11-9-20-12-13-14(18)7-6-8-15(13)19/h6-8,20H,5,9-12H2,1-4H3. The van der Waals surface area contributed by atoms with E-state index < -0.39 is 5.60 Å². The Morgan fingerprint density at radius 3 is 2.61 bits per heavy atom. The molecule has 1 rings (SSSR count). The number of rotatable bonds is 7. The summed E-state index contributed by atoms with van der Waals surface area (Å²) in [4.78, 5) is 13.8. The molecule has 0 saturated heterocycles. The van der Waals surface area contributed by atoms with Gasteiger partial charge < -0.3 is 15.0 Å². The highest BCUT2D eigenvalue weighted by atomic mass is 35.5. The van der Waals surface area contributed by atoms with Crippen molar-refractivity contribution in [1.29, 1.82) is 0 Å². The van der Waals surface area contributed by atoms with Gasteiger partial charge in [0.15, 0.2) is 0 Å². The van der Waals surface area contributed by atoms with Crippen LogP contribution in [-0.4, -0.2) is 36.2 Å². The zero-order valence-corrected chi connectivity index (χ0v) is 15.0. The third-order valence-electron chi connectivity index (χ3n) is 3.07. The van der Waals surface area contributed by atoms with Gasteiger partial charge in [0, 0.05) is 36.8 Å². The van der Waals surface area contributed by atoms with Crippen LogP contribution in [0.3, 0.4) is 0 Å². The Morgan fingerprint density at radius 1 is 1.35 bits per heavy atom. The predicted molar refractivity (Wildman–Crippen MR) is 91.2 cm³/mol. The first kappa shape index (κ1) is 19.7. The second-order valence-electron chi connectivity index (χ2n) is 6.34. The lowest BCUT2D eigenvalue weighted by Gasteiger charge is -2.27. The second-order valence-corrected chi connectivity index (χ2v) is 6.75. The molecule has 23 heavy (non-hydrogen) atoms. The molecule has 1 amide bonds. The molecule has 0 radical (unpaired) electrons. The van der Waals surface area contributed by atoms with Crippen molar-refractivity contribution in [3.63, 3.8) is 0 Å². The molecule has 0 aromatic heterocycles. The minimum absolute atomic E-state index is 0.319. The van der Waals surface area contributed by atoms with E-state index in [1.807, 2.05) is 27.7 Å². The number of benzene rings is 1. The van der Waals surface area contributed by atoms with Crippen molar-refractivity contribution >= 4 is 17.7 Å². The van der Waals surface area contributed by atoms with Crippen LogP contribution in [0, 0.1) is 5.82 Å². The monoisotopic (exact) mass is 344 g/mol. The van der Waals surface area contributed by atoms with Crippen LogP contribution in [0.4, 0.5) is 9.18 Å². The molecule has 0 saturated carbocycles. The largest absolute Gasteiger partial charge is 0.444 e. The fourth-order valence-corrected chi connectivity index (χ4v) is 2.25. The first-order valence-electron chi connectivity index (χ1n) is 7.86. The first-order valence-corrected chi connectivity index (χ1v) is 8.24. The van der Waals surface area contributed by atoms with Gasteiger partial charge in [-0.15, -0.1) is 0 Å². The van der Waals surface area contributed by atoms with Crippen LogP contribution in [-0.2, 0) is 11.3 Å². The summed E-state index contributed by atoms with van der Waals surface area (Å²) in [5.41, 5.74) is -0.0783. The number of hydrogen-bond acceptors (Lipinski definition) is 3. The average Bonchev–Trinajstić information content (AvgIpc) is 2.42. The van der Waals surface area contributed by atoms with Crippen LogP contribution in [0.1, 0.15) is 39.7 Å². The molecule has 4 nitrogen and oxygen atoms in total. The lowest BCUT2D eigenvalue weighted by atomic mass is 10.2. The Labute approximate surface area is 142 Å². The van der Waals surface area contributed by atoms with E-state index >= 15 is 0 Å². The van der Waals surface area contributed by atoms with Gasteiger partial charge in [0.1, 0.15) is 11.4 Å². The summed E-state index contributed by atoms with van der Waals surface area (Å²) in [5, 5.41) is 3.51. The van der Waals surface area contributed by atoms with Gasteiger partial charge in [0.2, 0.25) is 0 Å². The zero-order chi connectivity index (χ0) is 17.5. The summed E-state index contributed by atoms with van der Waals surface area (Å²) < 4.78 is 19.0. The fraction of sp³-hybridized carbons (Fsp3) is 0.588. The number of halogens is 2. The van der Waals surface area contributed by atoms with Crippen LogP contribution in [0.5, 0.6) is 0 Å². The lowest BCUT2D eigenvalue weighted by Crippen LogP contribution is -2.40. The molecule has 0 atom stereocenters. The minimum atomic E-state index is -0.517. The topological polar surface area (TPSA) is 41.6 Å². The molecule has 0 spiro atoms. The SMILES string of the molecule is CCCN(CCNCc1c(F)cccc1Cl)C(=O)OC(C)(C)C. The molecule has 0 heterocycles. The van der Waals surface area contributed by atoms with Gasteiger partial charge in [0.05, 0.1) is 0 Å². The summed E-state index contributed by atoms with van der Waals surface area (Å²) in [6.07, 6.45) is 0.517. The number of nitrogens with zero attached hydrogens (tertiary/aromatic N) is 1. The number of ether oxygens (including phenoxy) is 1. The van der Waals surface area contributed by atoms with Gasteiger partial charge in [-0.05, 0) is 39.3 Å². The van der Waals surface area contributed by atoms with Gasteiger partial charge in [0.25, 0.3) is 0 Å². The van der Waals surface area contributed by atoms with Crippen LogP contribution in [0.15, 0.2) is 18.2 Å². The molecular weight excluding hydrogens is 319 g/mol. The highest BCUT2D eigenvalue weighted by Gasteiger charge is 2.21. The Morgan fingerprint density at radius 2 is 2.04 bits per heavy atom. The molecule has 1 aromatic rings. The van der Waals surface area contributed by atoms with Gasteiger partial charge in [-0.3, -0.25) is 0 Å². The minimum Gasteiger partial charge on any atom is -0.444 e. The van der Waals surface area contributed by atoms with Crippen molar-refractivity contribution in [2.24, 2.45) is 0 Å². The maximum atomic E-state index is 13.7. The zero-order valence-electron chi connectivity index (χ0n) is 14.3. The second kappa shape index (κ2) is 9.08. The molecule has 0 aliphatic rings. The quantitative estimate of drug-likeness (QED) is 0.753. The Kier molecular flexibility index (Phi) is 7.79. The van der Waals surface area contributed by atoms with E-state index in [0.717, 1.165) is 6.42 Å². The lowest BCUT2D eigenvalue weighted by molar-refractivity contribution is 0.0252. The van der Waals surface area contributed by atoms with E-state index in [1.54, 1.807) is 17.0 Å². The number of carbonyl (C=O) groups excluding carboxylic acids is 1. The highest BCUT2D eigenvalue weighted by Crippen LogP contribution is 2.18. The van der Waals surface area contributed by atoms with Crippen LogP contribution >= 0.6 is 11.6 Å². The smallest absolute Gasteiger partial charge is 0.410 e. The predicted octanol–water partition coefficient (Wildman–Crippen LogP) is 4.22. The van der Waals surface area contributed by atoms with Crippen molar-refractivity contribution in [2.45, 2.75) is 46.3 Å². The Balaban J connectivity index is 2.48. The molecule has 0 unspecified atom stereocenters. The normalized spacial score (nSPS) is 11.4. The number of amides is 1. The molecular formula is C17H26ClFN2O2. The maximum Gasteiger partial charge on any atom is 0.410 e. The number of carbonyl (C=O) groups is 1. The summed E-state index contributed by atoms with van der Waals surface area (Å²) in [7, 11) is 0. The number of nitrogens with one attached hydrogen (secondary N) is 1. The molecule has 0 bridgehead atoms. The van der Waals surface area contributed by atoms with Crippen molar-refractivity contribution in [3.8, 4) is 0 Å². The van der Waals surface area contributed by atoms with E-state index in [2.05, 4.69) is 5.32 Å². The molecule has 0 fully saturated rings. The van der Waals surface area contributed by atoms with Gasteiger partial charge >= 0.3 is 6.09 Å². The van der Waals surface area contributed by atoms with Crippen molar-refractivity contribution in [1.82, 2.24) is 10.2 Å². The van der Waals surface area contributed by atoms with Crippen molar-refractivity contribution < 1.29 is 13.9 Å². The summed E-state index contributed by atoms with van der Waals surface area (Å²) in [6.45, 7) is 9.49. The number of hydrogen-bond donors (Lipinski definition) is 1. The van der Waals surface area contributed by atoms with E-state index in [1.165, 1.54) is 6.07 Å². The van der Waals surface area contributed by atoms with Crippen molar-refractivity contribution in [2.75, 3.05) is 19.6 Å². The van der Waals surface area contributed by atoms with Gasteiger partial charge in [-0.1, -0.05) is 24.6 Å². The molecule has 1 N–H and O–H groups in total. The van der Waals surface area contributed by atoms with Gasteiger partial charge in [-0.2, -0.15) is 0 Å². The van der Waals surface area contributed by atoms with E-state index in [0.29, 0.717) is 36.8 Å². The summed E-state index contributed by atoms with van der Waals surface area (Å²) in [6, 6.07) is 4.62. The van der Waals surface area contributed by atoms with Gasteiger partial charge in [-0.25, -0.2) is 9.18 Å². The fourth-order valence-electron chi connectivity index (χ4n) is 2.02. The molecule has 0 aliphatic carbocycles. The third kappa shape index (κ3) is 7.18. The van der Waals surface area contributed by atoms with Crippen LogP contribution in [0.25, 0.3) is 0 Å². The molecule has 1 aromatic carbocycles. The van der Waals surface area contributed by atoms with Crippen molar-refractivity contribution in [3.05, 3.63) is 34.6 Å². The average molecular weight is 345 g/mol. The van der Waals surface area contributed by atoms with Crippen LogP contribution < -0.4 is 5.32 Å². The molecule has 130 valence electrons. The van der Waals surface area contributed by atoms with E-state index in [9.17, 15) is 9.18 Å². The van der Waals surface area contributed by atoms with E-state index in [4.69, 9.17) is 16.3 Å². The first-order chi connectivity index (χ1) is 10.7. The molecule has 0 aliphatic heterocycles.